The van der Waals surface area contributed by atoms with Crippen molar-refractivity contribution in [2.24, 2.45) is 5.73 Å². The van der Waals surface area contributed by atoms with Crippen LogP contribution in [-0.2, 0) is 4.79 Å². The van der Waals surface area contributed by atoms with E-state index in [0.29, 0.717) is 16.5 Å². The Balaban J connectivity index is 2.84. The number of nitrogens with zero attached hydrogens (tertiary/aromatic N) is 2. The molecule has 1 amide bonds. The number of aryl methyl sites for hydroxylation is 2. The summed E-state index contributed by atoms with van der Waals surface area (Å²) < 4.78 is 0. The number of carbonyl (C=O) groups excluding carboxylic acids is 1. The monoisotopic (exact) mass is 213 g/mol. The number of aromatic hydroxyl groups is 1. The molecule has 0 atom stereocenters. The molecule has 0 aliphatic rings. The van der Waals surface area contributed by atoms with Gasteiger partial charge in [0.15, 0.2) is 10.9 Å². The Morgan fingerprint density at radius 3 is 2.36 bits per heavy atom. The van der Waals surface area contributed by atoms with Crippen LogP contribution in [0.3, 0.4) is 0 Å². The zero-order valence-corrected chi connectivity index (χ0v) is 8.76. The second-order valence-corrected chi connectivity index (χ2v) is 3.72. The number of hydrogen-bond donors (Lipinski definition) is 2. The van der Waals surface area contributed by atoms with Crippen molar-refractivity contribution in [2.75, 3.05) is 5.75 Å². The standard InChI is InChI=1S/C8H11N3O2S/c1-4-7(13)5(2)11-8(10-4)14-3-6(9)12/h13H,3H2,1-2H3,(H2,9,12). The first kappa shape index (κ1) is 10.8. The number of primary amides is 1. The van der Waals surface area contributed by atoms with Gasteiger partial charge in [-0.1, -0.05) is 11.8 Å². The molecule has 0 unspecified atom stereocenters. The van der Waals surface area contributed by atoms with E-state index in [2.05, 4.69) is 9.97 Å². The summed E-state index contributed by atoms with van der Waals surface area (Å²) in [6.07, 6.45) is 0. The van der Waals surface area contributed by atoms with Gasteiger partial charge in [0.1, 0.15) is 0 Å². The molecular formula is C8H11N3O2S. The quantitative estimate of drug-likeness (QED) is 0.559. The first-order valence-electron chi connectivity index (χ1n) is 3.96. The van der Waals surface area contributed by atoms with Gasteiger partial charge in [0.05, 0.1) is 17.1 Å². The number of thioether (sulfide) groups is 1. The van der Waals surface area contributed by atoms with E-state index < -0.39 is 5.91 Å². The number of nitrogens with two attached hydrogens (primary N) is 1. The van der Waals surface area contributed by atoms with Gasteiger partial charge in [-0.2, -0.15) is 0 Å². The largest absolute Gasteiger partial charge is 0.504 e. The van der Waals surface area contributed by atoms with Gasteiger partial charge in [0.25, 0.3) is 0 Å². The maximum absolute atomic E-state index is 10.5. The van der Waals surface area contributed by atoms with Crippen molar-refractivity contribution in [3.05, 3.63) is 11.4 Å². The Labute approximate surface area is 85.7 Å². The Morgan fingerprint density at radius 1 is 1.43 bits per heavy atom. The van der Waals surface area contributed by atoms with Crippen molar-refractivity contribution < 1.29 is 9.90 Å². The third kappa shape index (κ3) is 2.59. The molecule has 0 saturated carbocycles. The van der Waals surface area contributed by atoms with E-state index >= 15 is 0 Å². The van der Waals surface area contributed by atoms with Crippen molar-refractivity contribution in [2.45, 2.75) is 19.0 Å². The summed E-state index contributed by atoms with van der Waals surface area (Å²) in [5, 5.41) is 9.84. The minimum Gasteiger partial charge on any atom is -0.504 e. The highest BCUT2D eigenvalue weighted by Crippen LogP contribution is 2.21. The van der Waals surface area contributed by atoms with Crippen LogP contribution in [0, 0.1) is 13.8 Å². The molecule has 0 aliphatic carbocycles. The van der Waals surface area contributed by atoms with Crippen LogP contribution in [0.5, 0.6) is 5.75 Å². The van der Waals surface area contributed by atoms with E-state index in [-0.39, 0.29) is 11.5 Å². The molecular weight excluding hydrogens is 202 g/mol. The zero-order valence-electron chi connectivity index (χ0n) is 7.94. The van der Waals surface area contributed by atoms with Gasteiger partial charge in [-0.25, -0.2) is 9.97 Å². The Morgan fingerprint density at radius 2 is 1.93 bits per heavy atom. The predicted molar refractivity (Wildman–Crippen MR) is 53.1 cm³/mol. The van der Waals surface area contributed by atoms with E-state index in [1.807, 2.05) is 0 Å². The fraction of sp³-hybridized carbons (Fsp3) is 0.375. The number of hydrogen-bond acceptors (Lipinski definition) is 5. The summed E-state index contributed by atoms with van der Waals surface area (Å²) in [4.78, 5) is 18.5. The van der Waals surface area contributed by atoms with Crippen LogP contribution < -0.4 is 5.73 Å². The highest BCUT2D eigenvalue weighted by Gasteiger charge is 2.07. The number of aromatic nitrogens is 2. The van der Waals surface area contributed by atoms with Crippen molar-refractivity contribution in [3.8, 4) is 5.75 Å². The molecule has 1 heterocycles. The topological polar surface area (TPSA) is 89.1 Å². The van der Waals surface area contributed by atoms with Gasteiger partial charge in [-0.05, 0) is 13.8 Å². The van der Waals surface area contributed by atoms with Gasteiger partial charge in [-0.15, -0.1) is 0 Å². The van der Waals surface area contributed by atoms with Gasteiger partial charge in [-0.3, -0.25) is 4.79 Å². The maximum atomic E-state index is 10.5. The van der Waals surface area contributed by atoms with Crippen molar-refractivity contribution in [3.63, 3.8) is 0 Å². The zero-order chi connectivity index (χ0) is 10.7. The second kappa shape index (κ2) is 4.28. The predicted octanol–water partition coefficient (Wildman–Crippen LogP) is 0.376. The highest BCUT2D eigenvalue weighted by atomic mass is 32.2. The molecule has 1 rings (SSSR count). The van der Waals surface area contributed by atoms with Crippen LogP contribution in [-0.4, -0.2) is 26.7 Å². The van der Waals surface area contributed by atoms with Crippen molar-refractivity contribution >= 4 is 17.7 Å². The minimum absolute atomic E-state index is 0.0911. The summed E-state index contributed by atoms with van der Waals surface area (Å²) in [6.45, 7) is 3.36. The summed E-state index contributed by atoms with van der Waals surface area (Å²) >= 11 is 1.16. The maximum Gasteiger partial charge on any atom is 0.227 e. The lowest BCUT2D eigenvalue weighted by atomic mass is 10.3. The van der Waals surface area contributed by atoms with E-state index in [1.165, 1.54) is 0 Å². The third-order valence-corrected chi connectivity index (χ3v) is 2.43. The van der Waals surface area contributed by atoms with Crippen LogP contribution in [0.2, 0.25) is 0 Å². The molecule has 0 aromatic carbocycles. The first-order chi connectivity index (χ1) is 6.50. The summed E-state index contributed by atoms with van der Waals surface area (Å²) in [5.74, 6) is -0.181. The van der Waals surface area contributed by atoms with Crippen LogP contribution >= 0.6 is 11.8 Å². The van der Waals surface area contributed by atoms with Gasteiger partial charge >= 0.3 is 0 Å². The Kier molecular flexibility index (Phi) is 3.29. The average Bonchev–Trinajstić information content (AvgIpc) is 2.10. The van der Waals surface area contributed by atoms with Gasteiger partial charge < -0.3 is 10.8 Å². The van der Waals surface area contributed by atoms with E-state index in [9.17, 15) is 9.90 Å². The second-order valence-electron chi connectivity index (χ2n) is 2.78. The Bertz CT molecular complexity index is 345. The first-order valence-corrected chi connectivity index (χ1v) is 4.94. The van der Waals surface area contributed by atoms with Crippen molar-refractivity contribution in [1.82, 2.24) is 9.97 Å². The smallest absolute Gasteiger partial charge is 0.227 e. The number of amides is 1. The lowest BCUT2D eigenvalue weighted by molar-refractivity contribution is -0.115. The van der Waals surface area contributed by atoms with Gasteiger partial charge in [0.2, 0.25) is 5.91 Å². The molecule has 0 spiro atoms. The Hall–Kier alpha value is -1.30. The molecule has 0 radical (unpaired) electrons. The van der Waals surface area contributed by atoms with E-state index in [4.69, 9.17) is 5.73 Å². The minimum atomic E-state index is -0.415. The fourth-order valence-corrected chi connectivity index (χ4v) is 1.55. The molecule has 1 aromatic rings. The molecule has 0 saturated heterocycles. The summed E-state index contributed by atoms with van der Waals surface area (Å²) in [6, 6.07) is 0. The van der Waals surface area contributed by atoms with E-state index in [1.54, 1.807) is 13.8 Å². The van der Waals surface area contributed by atoms with Crippen LogP contribution in [0.4, 0.5) is 0 Å². The van der Waals surface area contributed by atoms with Crippen molar-refractivity contribution in [1.29, 1.82) is 0 Å². The molecule has 1 aromatic heterocycles. The molecule has 5 nitrogen and oxygen atoms in total. The molecule has 14 heavy (non-hydrogen) atoms. The molecule has 6 heteroatoms. The molecule has 0 fully saturated rings. The normalized spacial score (nSPS) is 10.1. The van der Waals surface area contributed by atoms with Gasteiger partial charge in [0, 0.05) is 0 Å². The van der Waals surface area contributed by atoms with E-state index in [0.717, 1.165) is 11.8 Å². The lowest BCUT2D eigenvalue weighted by Crippen LogP contribution is -2.13. The molecule has 3 N–H and O–H groups in total. The molecule has 0 bridgehead atoms. The number of carbonyl (C=O) groups is 1. The SMILES string of the molecule is Cc1nc(SCC(N)=O)nc(C)c1O. The van der Waals surface area contributed by atoms with Crippen LogP contribution in [0.1, 0.15) is 11.4 Å². The summed E-state index contributed by atoms with van der Waals surface area (Å²) in [7, 11) is 0. The fourth-order valence-electron chi connectivity index (χ4n) is 0.880. The average molecular weight is 213 g/mol. The molecule has 76 valence electrons. The lowest BCUT2D eigenvalue weighted by Gasteiger charge is -2.04. The van der Waals surface area contributed by atoms with Crippen LogP contribution in [0.25, 0.3) is 0 Å². The third-order valence-electron chi connectivity index (χ3n) is 1.56. The summed E-state index contributed by atoms with van der Waals surface area (Å²) in [5.41, 5.74) is 5.99. The molecule has 0 aliphatic heterocycles. The van der Waals surface area contributed by atoms with Crippen LogP contribution in [0.15, 0.2) is 5.16 Å². The number of rotatable bonds is 3. The highest BCUT2D eigenvalue weighted by molar-refractivity contribution is 7.99.